The Morgan fingerprint density at radius 3 is 2.05 bits per heavy atom. The number of nitrogens with zero attached hydrogens (tertiary/aromatic N) is 2. The molecule has 4 aromatic carbocycles. The Morgan fingerprint density at radius 2 is 1.35 bits per heavy atom. The van der Waals surface area contributed by atoms with Crippen LogP contribution >= 0.6 is 12.2 Å². The third-order valence-corrected chi connectivity index (χ3v) is 6.88. The summed E-state index contributed by atoms with van der Waals surface area (Å²) in [7, 11) is 0. The van der Waals surface area contributed by atoms with Crippen LogP contribution in [0, 0.1) is 0 Å². The van der Waals surface area contributed by atoms with Gasteiger partial charge in [0.25, 0.3) is 11.8 Å². The van der Waals surface area contributed by atoms with Crippen LogP contribution in [0.3, 0.4) is 0 Å². The number of nitrogens with one attached hydrogen (secondary N) is 2. The van der Waals surface area contributed by atoms with E-state index in [1.807, 2.05) is 89.8 Å². The largest absolute Gasteiger partial charge is 0.489 e. The van der Waals surface area contributed by atoms with Crippen molar-refractivity contribution in [1.29, 1.82) is 0 Å². The van der Waals surface area contributed by atoms with Gasteiger partial charge in [0, 0.05) is 37.3 Å². The second-order valence-corrected chi connectivity index (χ2v) is 9.78. The van der Waals surface area contributed by atoms with Gasteiger partial charge >= 0.3 is 0 Å². The number of ether oxygens (including phenoxy) is 1. The molecular weight excluding hydrogens is 520 g/mol. The summed E-state index contributed by atoms with van der Waals surface area (Å²) in [5.74, 6) is 0.421. The van der Waals surface area contributed by atoms with Crippen molar-refractivity contribution in [2.75, 3.05) is 36.4 Å². The number of thiocarbonyl (C=S) groups is 1. The summed E-state index contributed by atoms with van der Waals surface area (Å²) in [4.78, 5) is 29.7. The smallest absolute Gasteiger partial charge is 0.257 e. The number of para-hydroxylation sites is 2. The highest BCUT2D eigenvalue weighted by Gasteiger charge is 2.23. The van der Waals surface area contributed by atoms with Gasteiger partial charge in [0.2, 0.25) is 0 Å². The average Bonchev–Trinajstić information content (AvgIpc) is 3.01. The van der Waals surface area contributed by atoms with Crippen LogP contribution in [-0.4, -0.2) is 48.0 Å². The zero-order chi connectivity index (χ0) is 27.7. The van der Waals surface area contributed by atoms with E-state index in [-0.39, 0.29) is 16.9 Å². The summed E-state index contributed by atoms with van der Waals surface area (Å²) in [6.07, 6.45) is 0. The Balaban J connectivity index is 1.14. The highest BCUT2D eigenvalue weighted by atomic mass is 32.1. The first-order chi connectivity index (χ1) is 19.6. The Bertz CT molecular complexity index is 1450. The van der Waals surface area contributed by atoms with E-state index in [1.165, 1.54) is 0 Å². The number of anilines is 2. The van der Waals surface area contributed by atoms with Crippen LogP contribution < -0.4 is 20.3 Å². The number of benzene rings is 4. The molecule has 5 rings (SSSR count). The fraction of sp³-hybridized carbons (Fsp3) is 0.156. The minimum Gasteiger partial charge on any atom is -0.489 e. The number of hydrogen-bond donors (Lipinski definition) is 2. The van der Waals surface area contributed by atoms with Gasteiger partial charge in [0.05, 0.1) is 11.4 Å². The van der Waals surface area contributed by atoms with Gasteiger partial charge in [-0.1, -0.05) is 60.7 Å². The maximum absolute atomic E-state index is 12.8. The van der Waals surface area contributed by atoms with E-state index >= 15 is 0 Å². The van der Waals surface area contributed by atoms with Crippen LogP contribution in [0.2, 0.25) is 0 Å². The van der Waals surface area contributed by atoms with Crippen molar-refractivity contribution >= 4 is 40.5 Å². The molecule has 1 fully saturated rings. The molecule has 0 bridgehead atoms. The highest BCUT2D eigenvalue weighted by molar-refractivity contribution is 7.80. The van der Waals surface area contributed by atoms with E-state index in [1.54, 1.807) is 24.3 Å². The lowest BCUT2D eigenvalue weighted by atomic mass is 10.1. The number of piperazine rings is 1. The SMILES string of the molecule is O=C(NC(=S)Nc1ccccc1N1CCN(C(=O)c2ccccc2)CC1)c1ccc(OCc2ccccc2)cc1. The number of carbonyl (C=O) groups is 2. The number of hydrogen-bond acceptors (Lipinski definition) is 5. The highest BCUT2D eigenvalue weighted by Crippen LogP contribution is 2.27. The summed E-state index contributed by atoms with van der Waals surface area (Å²) in [6.45, 7) is 3.07. The van der Waals surface area contributed by atoms with Crippen molar-refractivity contribution in [3.05, 3.63) is 126 Å². The molecule has 0 spiro atoms. The molecule has 40 heavy (non-hydrogen) atoms. The van der Waals surface area contributed by atoms with E-state index in [9.17, 15) is 9.59 Å². The Hall–Kier alpha value is -4.69. The van der Waals surface area contributed by atoms with Gasteiger partial charge in [0.15, 0.2) is 5.11 Å². The van der Waals surface area contributed by atoms with Crippen LogP contribution in [-0.2, 0) is 6.61 Å². The fourth-order valence-electron chi connectivity index (χ4n) is 4.54. The molecule has 0 saturated carbocycles. The van der Waals surface area contributed by atoms with Crippen molar-refractivity contribution in [2.45, 2.75) is 6.61 Å². The molecule has 8 heteroatoms. The maximum Gasteiger partial charge on any atom is 0.257 e. The van der Waals surface area contributed by atoms with E-state index in [4.69, 9.17) is 17.0 Å². The molecular formula is C32H30N4O3S. The van der Waals surface area contributed by atoms with Crippen molar-refractivity contribution in [3.63, 3.8) is 0 Å². The summed E-state index contributed by atoms with van der Waals surface area (Å²) < 4.78 is 5.80. The molecule has 0 atom stereocenters. The quantitative estimate of drug-likeness (QED) is 0.302. The predicted octanol–water partition coefficient (Wildman–Crippen LogP) is 5.35. The average molecular weight is 551 g/mol. The lowest BCUT2D eigenvalue weighted by molar-refractivity contribution is 0.0746. The summed E-state index contributed by atoms with van der Waals surface area (Å²) in [6, 6.07) is 34.0. The van der Waals surface area contributed by atoms with E-state index in [0.29, 0.717) is 49.7 Å². The molecule has 4 aromatic rings. The van der Waals surface area contributed by atoms with Gasteiger partial charge in [-0.05, 0) is 66.3 Å². The van der Waals surface area contributed by atoms with Gasteiger partial charge in [-0.25, -0.2) is 0 Å². The lowest BCUT2D eigenvalue weighted by Crippen LogP contribution is -2.49. The maximum atomic E-state index is 12.8. The predicted molar refractivity (Wildman–Crippen MR) is 162 cm³/mol. The minimum absolute atomic E-state index is 0.0475. The first kappa shape index (κ1) is 26.9. The molecule has 0 radical (unpaired) electrons. The molecule has 7 nitrogen and oxygen atoms in total. The van der Waals surface area contributed by atoms with E-state index in [2.05, 4.69) is 15.5 Å². The Kier molecular flexibility index (Phi) is 8.68. The van der Waals surface area contributed by atoms with Gasteiger partial charge in [-0.15, -0.1) is 0 Å². The zero-order valence-electron chi connectivity index (χ0n) is 22.0. The minimum atomic E-state index is -0.308. The number of rotatable bonds is 7. The number of amides is 2. The van der Waals surface area contributed by atoms with Crippen LogP contribution in [0.1, 0.15) is 26.3 Å². The van der Waals surface area contributed by atoms with Crippen LogP contribution in [0.25, 0.3) is 0 Å². The molecule has 1 saturated heterocycles. The van der Waals surface area contributed by atoms with E-state index < -0.39 is 0 Å². The van der Waals surface area contributed by atoms with Gasteiger partial charge < -0.3 is 19.9 Å². The zero-order valence-corrected chi connectivity index (χ0v) is 22.8. The van der Waals surface area contributed by atoms with Gasteiger partial charge in [-0.3, -0.25) is 14.9 Å². The Morgan fingerprint density at radius 1 is 0.725 bits per heavy atom. The first-order valence-corrected chi connectivity index (χ1v) is 13.5. The summed E-state index contributed by atoms with van der Waals surface area (Å²) in [5.41, 5.74) is 4.01. The molecule has 0 aliphatic carbocycles. The van der Waals surface area contributed by atoms with Crippen LogP contribution in [0.5, 0.6) is 5.75 Å². The molecule has 1 heterocycles. The summed E-state index contributed by atoms with van der Waals surface area (Å²) >= 11 is 5.46. The lowest BCUT2D eigenvalue weighted by Gasteiger charge is -2.37. The molecule has 1 aliphatic rings. The van der Waals surface area contributed by atoms with Crippen LogP contribution in [0.4, 0.5) is 11.4 Å². The molecule has 202 valence electrons. The third-order valence-electron chi connectivity index (χ3n) is 6.67. The first-order valence-electron chi connectivity index (χ1n) is 13.1. The molecule has 1 aliphatic heterocycles. The normalized spacial score (nSPS) is 12.9. The molecule has 2 amide bonds. The standard InChI is InChI=1S/C32H30N4O3S/c37-30(25-15-17-27(18-16-25)39-23-24-9-3-1-4-10-24)34-32(40)33-28-13-7-8-14-29(28)35-19-21-36(22-20-35)31(38)26-11-5-2-6-12-26/h1-18H,19-23H2,(H2,33,34,37,40). The number of carbonyl (C=O) groups excluding carboxylic acids is 2. The van der Waals surface area contributed by atoms with Crippen molar-refractivity contribution in [1.82, 2.24) is 10.2 Å². The summed E-state index contributed by atoms with van der Waals surface area (Å²) in [5, 5.41) is 6.14. The monoisotopic (exact) mass is 550 g/mol. The topological polar surface area (TPSA) is 73.9 Å². The van der Waals surface area contributed by atoms with Gasteiger partial charge in [0.1, 0.15) is 12.4 Å². The van der Waals surface area contributed by atoms with Gasteiger partial charge in [-0.2, -0.15) is 0 Å². The molecule has 2 N–H and O–H groups in total. The van der Waals surface area contributed by atoms with Crippen molar-refractivity contribution in [2.24, 2.45) is 0 Å². The van der Waals surface area contributed by atoms with E-state index in [0.717, 1.165) is 16.9 Å². The van der Waals surface area contributed by atoms with Crippen molar-refractivity contribution < 1.29 is 14.3 Å². The molecule has 0 aromatic heterocycles. The second-order valence-electron chi connectivity index (χ2n) is 9.37. The third kappa shape index (κ3) is 6.84. The fourth-order valence-corrected chi connectivity index (χ4v) is 4.74. The Labute approximate surface area is 239 Å². The second kappa shape index (κ2) is 12.9. The van der Waals surface area contributed by atoms with Crippen LogP contribution in [0.15, 0.2) is 109 Å². The van der Waals surface area contributed by atoms with Crippen molar-refractivity contribution in [3.8, 4) is 5.75 Å². The molecule has 0 unspecified atom stereocenters.